The molecule has 5 aromatic carbocycles. The molecule has 8 aromatic rings. The summed E-state index contributed by atoms with van der Waals surface area (Å²) < 4.78 is 2.63. The van der Waals surface area contributed by atoms with Crippen molar-refractivity contribution in [3.05, 3.63) is 134 Å². The molecule has 0 saturated carbocycles. The van der Waals surface area contributed by atoms with E-state index < -0.39 is 0 Å². The average Bonchev–Trinajstić information content (AvgIpc) is 3.42. The molecule has 0 amide bonds. The van der Waals surface area contributed by atoms with Crippen LogP contribution in [-0.2, 0) is 0 Å². The van der Waals surface area contributed by atoms with Crippen LogP contribution in [0.25, 0.3) is 86.8 Å². The summed E-state index contributed by atoms with van der Waals surface area (Å²) in [5.41, 5.74) is 13.8. The van der Waals surface area contributed by atoms with Crippen LogP contribution in [0.15, 0.2) is 134 Å². The van der Waals surface area contributed by atoms with Crippen LogP contribution in [-0.4, -0.2) is 9.97 Å². The number of aromatic nitrogens is 2. The summed E-state index contributed by atoms with van der Waals surface area (Å²) in [5, 5.41) is 2.62. The number of nitrogens with zero attached hydrogens (tertiary/aromatic N) is 2. The van der Waals surface area contributed by atoms with Crippen molar-refractivity contribution in [2.75, 3.05) is 0 Å². The Bertz CT molecular complexity index is 2330. The topological polar surface area (TPSA) is 25.8 Å². The Morgan fingerprint density at radius 1 is 0.415 bits per heavy atom. The lowest BCUT2D eigenvalue weighted by Gasteiger charge is -2.25. The zero-order valence-electron chi connectivity index (χ0n) is 22.0. The molecular formula is C38H22N2S. The summed E-state index contributed by atoms with van der Waals surface area (Å²) in [6.45, 7) is 0. The monoisotopic (exact) mass is 538 g/mol. The Kier molecular flexibility index (Phi) is 4.80. The maximum atomic E-state index is 4.92. The van der Waals surface area contributed by atoms with Crippen molar-refractivity contribution in [3.8, 4) is 55.6 Å². The molecule has 0 spiro atoms. The molecule has 0 saturated heterocycles. The highest BCUT2D eigenvalue weighted by molar-refractivity contribution is 7.26. The van der Waals surface area contributed by atoms with Gasteiger partial charge >= 0.3 is 0 Å². The van der Waals surface area contributed by atoms with E-state index in [0.29, 0.717) is 0 Å². The van der Waals surface area contributed by atoms with E-state index in [0.717, 1.165) is 22.2 Å². The first kappa shape index (κ1) is 22.7. The van der Waals surface area contributed by atoms with Crippen molar-refractivity contribution in [1.29, 1.82) is 0 Å². The Morgan fingerprint density at radius 2 is 1.05 bits per heavy atom. The molecular weight excluding hydrogens is 516 g/mol. The molecule has 0 bridgehead atoms. The number of hydrogen-bond acceptors (Lipinski definition) is 3. The molecule has 3 aromatic heterocycles. The van der Waals surface area contributed by atoms with Gasteiger partial charge in [0.2, 0.25) is 0 Å². The van der Waals surface area contributed by atoms with E-state index in [1.807, 2.05) is 29.8 Å². The van der Waals surface area contributed by atoms with Gasteiger partial charge in [-0.1, -0.05) is 103 Å². The van der Waals surface area contributed by atoms with Crippen LogP contribution in [0.4, 0.5) is 0 Å². The van der Waals surface area contributed by atoms with Crippen molar-refractivity contribution in [3.63, 3.8) is 0 Å². The van der Waals surface area contributed by atoms with Crippen LogP contribution in [0.2, 0.25) is 0 Å². The number of rotatable bonds is 1. The van der Waals surface area contributed by atoms with Crippen LogP contribution in [0.1, 0.15) is 0 Å². The van der Waals surface area contributed by atoms with E-state index in [9.17, 15) is 0 Å². The Morgan fingerprint density at radius 3 is 1.93 bits per heavy atom. The van der Waals surface area contributed by atoms with Crippen molar-refractivity contribution < 1.29 is 0 Å². The van der Waals surface area contributed by atoms with Gasteiger partial charge in [0.1, 0.15) is 0 Å². The predicted molar refractivity (Wildman–Crippen MR) is 173 cm³/mol. The smallest absolute Gasteiger partial charge is 0.0971 e. The third-order valence-electron chi connectivity index (χ3n) is 8.36. The maximum Gasteiger partial charge on any atom is 0.0971 e. The molecule has 41 heavy (non-hydrogen) atoms. The molecule has 2 nitrogen and oxygen atoms in total. The van der Waals surface area contributed by atoms with Crippen molar-refractivity contribution in [2.24, 2.45) is 0 Å². The van der Waals surface area contributed by atoms with E-state index >= 15 is 0 Å². The van der Waals surface area contributed by atoms with E-state index in [1.54, 1.807) is 0 Å². The Balaban J connectivity index is 1.49. The zero-order chi connectivity index (χ0) is 26.9. The molecule has 1 aliphatic rings. The fourth-order valence-corrected chi connectivity index (χ4v) is 7.85. The number of thiophene rings is 1. The third kappa shape index (κ3) is 3.24. The second-order valence-corrected chi connectivity index (χ2v) is 11.6. The first-order valence-corrected chi connectivity index (χ1v) is 14.7. The van der Waals surface area contributed by atoms with E-state index in [2.05, 4.69) is 115 Å². The SMILES string of the molecule is c1ccc2c(c1)-c1ccccc1-c1c(cccc1-c1cccc3c1sc1ccccc13)-c1c-2cnc2cccnc12. The van der Waals surface area contributed by atoms with Gasteiger partial charge in [0, 0.05) is 49.3 Å². The second-order valence-electron chi connectivity index (χ2n) is 10.5. The molecule has 0 unspecified atom stereocenters. The van der Waals surface area contributed by atoms with Crippen molar-refractivity contribution >= 4 is 42.5 Å². The average molecular weight is 539 g/mol. The number of benzene rings is 5. The maximum absolute atomic E-state index is 4.92. The highest BCUT2D eigenvalue weighted by Crippen LogP contribution is 2.52. The Hall–Kier alpha value is -5.12. The fraction of sp³-hybridized carbons (Fsp3) is 0. The summed E-state index contributed by atoms with van der Waals surface area (Å²) in [7, 11) is 0. The first-order valence-electron chi connectivity index (χ1n) is 13.8. The third-order valence-corrected chi connectivity index (χ3v) is 9.58. The van der Waals surface area contributed by atoms with E-state index in [4.69, 9.17) is 9.97 Å². The molecule has 0 N–H and O–H groups in total. The highest BCUT2D eigenvalue weighted by atomic mass is 32.1. The summed E-state index contributed by atoms with van der Waals surface area (Å²) in [4.78, 5) is 9.79. The number of fused-ring (bicyclic) bond motifs is 13. The van der Waals surface area contributed by atoms with Gasteiger partial charge in [0.25, 0.3) is 0 Å². The Labute approximate surface area is 241 Å². The minimum atomic E-state index is 0.903. The van der Waals surface area contributed by atoms with Gasteiger partial charge < -0.3 is 0 Å². The molecule has 0 radical (unpaired) electrons. The largest absolute Gasteiger partial charge is 0.254 e. The normalized spacial score (nSPS) is 11.9. The van der Waals surface area contributed by atoms with E-state index in [1.165, 1.54) is 64.7 Å². The molecule has 1 aliphatic carbocycles. The molecule has 0 atom stereocenters. The number of pyridine rings is 2. The minimum absolute atomic E-state index is 0.903. The lowest BCUT2D eigenvalue weighted by Crippen LogP contribution is -2.01. The van der Waals surface area contributed by atoms with Crippen LogP contribution in [0.3, 0.4) is 0 Å². The lowest BCUT2D eigenvalue weighted by molar-refractivity contribution is 1.33. The molecule has 3 heterocycles. The van der Waals surface area contributed by atoms with Gasteiger partial charge in [-0.3, -0.25) is 9.97 Å². The number of hydrogen-bond donors (Lipinski definition) is 0. The van der Waals surface area contributed by atoms with Crippen molar-refractivity contribution in [2.45, 2.75) is 0 Å². The van der Waals surface area contributed by atoms with Gasteiger partial charge in [0.15, 0.2) is 0 Å². The summed E-state index contributed by atoms with van der Waals surface area (Å²) in [6, 6.07) is 43.8. The first-order chi connectivity index (χ1) is 20.4. The zero-order valence-corrected chi connectivity index (χ0v) is 22.8. The van der Waals surface area contributed by atoms with Crippen molar-refractivity contribution in [1.82, 2.24) is 9.97 Å². The molecule has 190 valence electrons. The second kappa shape index (κ2) is 8.69. The molecule has 0 aliphatic heterocycles. The minimum Gasteiger partial charge on any atom is -0.254 e. The van der Waals surface area contributed by atoms with Crippen LogP contribution in [0, 0.1) is 0 Å². The fourth-order valence-electron chi connectivity index (χ4n) is 6.62. The van der Waals surface area contributed by atoms with Gasteiger partial charge in [-0.2, -0.15) is 0 Å². The molecule has 3 heteroatoms. The lowest BCUT2D eigenvalue weighted by atomic mass is 9.78. The standard InChI is InChI=1S/C38H22N2S/c1-2-12-25-23(10-1)24-11-3-4-14-27(24)35-28(30-17-8-16-29-26-13-5-6-20-34(26)41-38(29)30)15-7-18-31(35)36-32(25)22-40-33-19-9-21-39-37(33)36/h1-22H. The quantitative estimate of drug-likeness (QED) is 0.208. The molecule has 9 rings (SSSR count). The van der Waals surface area contributed by atoms with Crippen LogP contribution < -0.4 is 0 Å². The summed E-state index contributed by atoms with van der Waals surface area (Å²) >= 11 is 1.88. The molecule has 0 fully saturated rings. The predicted octanol–water partition coefficient (Wildman–Crippen LogP) is 10.6. The van der Waals surface area contributed by atoms with Crippen LogP contribution >= 0.6 is 11.3 Å². The van der Waals surface area contributed by atoms with Gasteiger partial charge in [-0.25, -0.2) is 0 Å². The van der Waals surface area contributed by atoms with Gasteiger partial charge in [-0.05, 0) is 57.1 Å². The summed E-state index contributed by atoms with van der Waals surface area (Å²) in [5.74, 6) is 0. The van der Waals surface area contributed by atoms with Crippen LogP contribution in [0.5, 0.6) is 0 Å². The van der Waals surface area contributed by atoms with Gasteiger partial charge in [-0.15, -0.1) is 11.3 Å². The van der Waals surface area contributed by atoms with E-state index in [-0.39, 0.29) is 0 Å². The van der Waals surface area contributed by atoms with Gasteiger partial charge in [0.05, 0.1) is 11.0 Å². The highest BCUT2D eigenvalue weighted by Gasteiger charge is 2.26. The summed E-state index contributed by atoms with van der Waals surface area (Å²) in [6.07, 6.45) is 3.92.